The van der Waals surface area contributed by atoms with Crippen LogP contribution >= 0.6 is 11.3 Å². The summed E-state index contributed by atoms with van der Waals surface area (Å²) in [6.45, 7) is 2.55. The third-order valence-corrected chi connectivity index (χ3v) is 4.21. The van der Waals surface area contributed by atoms with Crippen molar-refractivity contribution in [2.24, 2.45) is 0 Å². The number of anilines is 1. The van der Waals surface area contributed by atoms with Crippen molar-refractivity contribution in [3.8, 4) is 0 Å². The molecule has 1 heterocycles. The number of hydrogen-bond acceptors (Lipinski definition) is 5. The summed E-state index contributed by atoms with van der Waals surface area (Å²) < 4.78 is 0. The van der Waals surface area contributed by atoms with E-state index in [1.54, 1.807) is 6.07 Å². The molecule has 0 fully saturated rings. The van der Waals surface area contributed by atoms with Crippen LogP contribution < -0.4 is 10.2 Å². The Hall–Kier alpha value is -1.92. The van der Waals surface area contributed by atoms with Gasteiger partial charge in [0.05, 0.1) is 4.92 Å². The number of rotatable bonds is 8. The molecule has 0 aliphatic heterocycles. The Labute approximate surface area is 128 Å². The fourth-order valence-corrected chi connectivity index (χ4v) is 2.81. The molecule has 1 aromatic carbocycles. The molecule has 0 spiro atoms. The summed E-state index contributed by atoms with van der Waals surface area (Å²) in [5.41, 5.74) is 1.21. The van der Waals surface area contributed by atoms with Crippen LogP contribution in [0.3, 0.4) is 0 Å². The smallest absolute Gasteiger partial charge is 0.324 e. The second-order valence-corrected chi connectivity index (χ2v) is 5.93. The van der Waals surface area contributed by atoms with Crippen LogP contribution in [0.5, 0.6) is 0 Å². The first-order valence-corrected chi connectivity index (χ1v) is 7.68. The maximum atomic E-state index is 10.6. The first kappa shape index (κ1) is 15.5. The second-order valence-electron chi connectivity index (χ2n) is 4.78. The van der Waals surface area contributed by atoms with Crippen molar-refractivity contribution in [2.75, 3.05) is 25.0 Å². The predicted octanol–water partition coefficient (Wildman–Crippen LogP) is 3.27. The van der Waals surface area contributed by atoms with Gasteiger partial charge in [0.15, 0.2) is 0 Å². The summed E-state index contributed by atoms with van der Waals surface area (Å²) >= 11 is 1.23. The normalized spacial score (nSPS) is 10.5. The summed E-state index contributed by atoms with van der Waals surface area (Å²) in [6, 6.07) is 13.6. The largest absolute Gasteiger partial charge is 0.375 e. The molecule has 0 unspecified atom stereocenters. The summed E-state index contributed by atoms with van der Waals surface area (Å²) in [4.78, 5) is 13.5. The summed E-state index contributed by atoms with van der Waals surface area (Å²) in [5.74, 6) is 0. The molecule has 0 amide bonds. The molecule has 0 atom stereocenters. The molecule has 21 heavy (non-hydrogen) atoms. The first-order chi connectivity index (χ1) is 10.2. The minimum absolute atomic E-state index is 0.204. The van der Waals surface area contributed by atoms with Crippen LogP contribution in [0.2, 0.25) is 0 Å². The number of nitrogens with zero attached hydrogens (tertiary/aromatic N) is 2. The molecular weight excluding hydrogens is 286 g/mol. The van der Waals surface area contributed by atoms with Gasteiger partial charge in [0.25, 0.3) is 0 Å². The monoisotopic (exact) mass is 305 g/mol. The molecule has 0 bridgehead atoms. The van der Waals surface area contributed by atoms with Gasteiger partial charge in [0.1, 0.15) is 0 Å². The molecule has 2 aromatic rings. The quantitative estimate of drug-likeness (QED) is 0.462. The van der Waals surface area contributed by atoms with Gasteiger partial charge < -0.3 is 10.2 Å². The van der Waals surface area contributed by atoms with E-state index in [0.29, 0.717) is 6.54 Å². The van der Waals surface area contributed by atoms with Crippen LogP contribution in [0.1, 0.15) is 11.3 Å². The first-order valence-electron chi connectivity index (χ1n) is 6.87. The predicted molar refractivity (Wildman–Crippen MR) is 87.0 cm³/mol. The number of nitro groups is 1. The van der Waals surface area contributed by atoms with Gasteiger partial charge in [-0.3, -0.25) is 10.1 Å². The van der Waals surface area contributed by atoms with Crippen LogP contribution in [-0.4, -0.2) is 25.1 Å². The standard InChI is InChI=1S/C15H19N3O2S/c1-17(13-6-3-2-4-7-13)11-5-10-16-12-14-8-9-15(21-14)18(19)20/h2-4,6-9,16H,5,10-12H2,1H3. The van der Waals surface area contributed by atoms with E-state index in [4.69, 9.17) is 0 Å². The van der Waals surface area contributed by atoms with Crippen LogP contribution in [-0.2, 0) is 6.54 Å². The third-order valence-electron chi connectivity index (χ3n) is 3.17. The van der Waals surface area contributed by atoms with E-state index in [-0.39, 0.29) is 9.92 Å². The van der Waals surface area contributed by atoms with Crippen LogP contribution in [0.25, 0.3) is 0 Å². The minimum atomic E-state index is -0.344. The Bertz CT molecular complexity index is 571. The van der Waals surface area contributed by atoms with Gasteiger partial charge in [-0.2, -0.15) is 0 Å². The fourth-order valence-electron chi connectivity index (χ4n) is 2.02. The molecule has 2 rings (SSSR count). The van der Waals surface area contributed by atoms with Crippen molar-refractivity contribution < 1.29 is 4.92 Å². The van der Waals surface area contributed by atoms with E-state index in [0.717, 1.165) is 24.4 Å². The van der Waals surface area contributed by atoms with Gasteiger partial charge in [0, 0.05) is 36.8 Å². The van der Waals surface area contributed by atoms with Gasteiger partial charge in [-0.25, -0.2) is 0 Å². The van der Waals surface area contributed by atoms with E-state index in [9.17, 15) is 10.1 Å². The minimum Gasteiger partial charge on any atom is -0.375 e. The fraction of sp³-hybridized carbons (Fsp3) is 0.333. The van der Waals surface area contributed by atoms with E-state index in [1.165, 1.54) is 17.0 Å². The second kappa shape index (κ2) is 7.75. The van der Waals surface area contributed by atoms with Crippen molar-refractivity contribution in [1.29, 1.82) is 0 Å². The van der Waals surface area contributed by atoms with E-state index < -0.39 is 0 Å². The molecule has 1 aromatic heterocycles. The van der Waals surface area contributed by atoms with Crippen LogP contribution in [0, 0.1) is 10.1 Å². The highest BCUT2D eigenvalue weighted by molar-refractivity contribution is 7.15. The Morgan fingerprint density at radius 3 is 2.67 bits per heavy atom. The van der Waals surface area contributed by atoms with Gasteiger partial charge in [0.2, 0.25) is 0 Å². The Morgan fingerprint density at radius 2 is 2.00 bits per heavy atom. The van der Waals surface area contributed by atoms with Crippen molar-refractivity contribution >= 4 is 22.0 Å². The zero-order chi connectivity index (χ0) is 15.1. The van der Waals surface area contributed by atoms with Gasteiger partial charge in [-0.05, 0) is 31.2 Å². The van der Waals surface area contributed by atoms with E-state index >= 15 is 0 Å². The average Bonchev–Trinajstić information content (AvgIpc) is 2.97. The van der Waals surface area contributed by atoms with Gasteiger partial charge in [-0.1, -0.05) is 29.5 Å². The van der Waals surface area contributed by atoms with Crippen molar-refractivity contribution in [3.63, 3.8) is 0 Å². The number of thiophene rings is 1. The number of nitrogens with one attached hydrogen (secondary N) is 1. The molecule has 1 N–H and O–H groups in total. The lowest BCUT2D eigenvalue weighted by atomic mass is 10.3. The van der Waals surface area contributed by atoms with Gasteiger partial charge in [-0.15, -0.1) is 0 Å². The van der Waals surface area contributed by atoms with Crippen molar-refractivity contribution in [3.05, 3.63) is 57.5 Å². The van der Waals surface area contributed by atoms with Crippen molar-refractivity contribution in [2.45, 2.75) is 13.0 Å². The zero-order valence-electron chi connectivity index (χ0n) is 12.0. The summed E-state index contributed by atoms with van der Waals surface area (Å²) in [7, 11) is 2.08. The number of para-hydroxylation sites is 1. The Balaban J connectivity index is 1.64. The maximum Gasteiger partial charge on any atom is 0.324 e. The molecule has 0 saturated carbocycles. The molecular formula is C15H19N3O2S. The number of hydrogen-bond donors (Lipinski definition) is 1. The lowest BCUT2D eigenvalue weighted by molar-refractivity contribution is -0.380. The van der Waals surface area contributed by atoms with Crippen LogP contribution in [0.4, 0.5) is 10.7 Å². The highest BCUT2D eigenvalue weighted by Gasteiger charge is 2.08. The molecule has 112 valence electrons. The maximum absolute atomic E-state index is 10.6. The molecule has 0 aliphatic carbocycles. The molecule has 0 aliphatic rings. The number of benzene rings is 1. The van der Waals surface area contributed by atoms with Crippen LogP contribution in [0.15, 0.2) is 42.5 Å². The van der Waals surface area contributed by atoms with E-state index in [1.807, 2.05) is 24.3 Å². The average molecular weight is 305 g/mol. The molecule has 6 heteroatoms. The zero-order valence-corrected chi connectivity index (χ0v) is 12.8. The van der Waals surface area contributed by atoms with Crippen molar-refractivity contribution in [1.82, 2.24) is 5.32 Å². The summed E-state index contributed by atoms with van der Waals surface area (Å²) in [6.07, 6.45) is 1.03. The SMILES string of the molecule is CN(CCCNCc1ccc([N+](=O)[O-])s1)c1ccccc1. The molecule has 0 radical (unpaired) electrons. The highest BCUT2D eigenvalue weighted by atomic mass is 32.1. The lowest BCUT2D eigenvalue weighted by Gasteiger charge is -2.19. The van der Waals surface area contributed by atoms with Gasteiger partial charge >= 0.3 is 5.00 Å². The Kier molecular flexibility index (Phi) is 5.71. The molecule has 0 saturated heterocycles. The summed E-state index contributed by atoms with van der Waals surface area (Å²) in [5, 5.41) is 14.1. The highest BCUT2D eigenvalue weighted by Crippen LogP contribution is 2.23. The van der Waals surface area contributed by atoms with E-state index in [2.05, 4.69) is 29.4 Å². The lowest BCUT2D eigenvalue weighted by Crippen LogP contribution is -2.23. The Morgan fingerprint density at radius 1 is 1.24 bits per heavy atom. The topological polar surface area (TPSA) is 58.4 Å². The molecule has 5 nitrogen and oxygen atoms in total. The third kappa shape index (κ3) is 4.84.